The molecule has 4 rings (SSSR count). The lowest BCUT2D eigenvalue weighted by atomic mass is 10.1. The number of ether oxygens (including phenoxy) is 1. The maximum atomic E-state index is 5.45. The van der Waals surface area contributed by atoms with Gasteiger partial charge in [0.15, 0.2) is 17.5 Å². The number of para-hydroxylation sites is 1. The van der Waals surface area contributed by atoms with E-state index in [0.717, 1.165) is 17.1 Å². The molecular formula is C19H19N7O. The van der Waals surface area contributed by atoms with Crippen LogP contribution in [0.2, 0.25) is 0 Å². The summed E-state index contributed by atoms with van der Waals surface area (Å²) in [6, 6.07) is 13.4. The highest BCUT2D eigenvalue weighted by Crippen LogP contribution is 2.22. The molecule has 3 heterocycles. The first-order chi connectivity index (χ1) is 13.3. The molecule has 1 aromatic carbocycles. The lowest BCUT2D eigenvalue weighted by Gasteiger charge is -2.11. The summed E-state index contributed by atoms with van der Waals surface area (Å²) < 4.78 is 8.96. The zero-order chi connectivity index (χ0) is 18.6. The summed E-state index contributed by atoms with van der Waals surface area (Å²) in [7, 11) is 1.66. The second-order valence-corrected chi connectivity index (χ2v) is 6.03. The van der Waals surface area contributed by atoms with Crippen molar-refractivity contribution < 1.29 is 4.74 Å². The predicted octanol–water partition coefficient (Wildman–Crippen LogP) is 2.46. The summed E-state index contributed by atoms with van der Waals surface area (Å²) in [6.45, 7) is 2.00. The minimum absolute atomic E-state index is 0.145. The van der Waals surface area contributed by atoms with Crippen molar-refractivity contribution in [3.05, 3.63) is 78.5 Å². The van der Waals surface area contributed by atoms with Gasteiger partial charge in [-0.3, -0.25) is 0 Å². The summed E-state index contributed by atoms with van der Waals surface area (Å²) >= 11 is 0. The van der Waals surface area contributed by atoms with Gasteiger partial charge in [-0.05, 0) is 25.1 Å². The van der Waals surface area contributed by atoms with Crippen molar-refractivity contribution in [2.45, 2.75) is 19.4 Å². The molecule has 0 N–H and O–H groups in total. The Labute approximate surface area is 156 Å². The smallest absolute Gasteiger partial charge is 0.158 e. The van der Waals surface area contributed by atoms with Gasteiger partial charge < -0.3 is 4.74 Å². The molecular weight excluding hydrogens is 342 g/mol. The molecule has 0 radical (unpaired) electrons. The Bertz CT molecular complexity index is 1010. The van der Waals surface area contributed by atoms with E-state index in [0.29, 0.717) is 18.1 Å². The third-order valence-electron chi connectivity index (χ3n) is 4.29. The van der Waals surface area contributed by atoms with Crippen molar-refractivity contribution >= 4 is 0 Å². The van der Waals surface area contributed by atoms with Crippen LogP contribution in [0.5, 0.6) is 5.75 Å². The van der Waals surface area contributed by atoms with Crippen LogP contribution in [-0.2, 0) is 6.42 Å². The Balaban J connectivity index is 1.76. The minimum atomic E-state index is -0.145. The molecule has 3 aromatic heterocycles. The Morgan fingerprint density at radius 3 is 2.70 bits per heavy atom. The van der Waals surface area contributed by atoms with Crippen LogP contribution in [0.25, 0.3) is 5.82 Å². The lowest BCUT2D eigenvalue weighted by Crippen LogP contribution is -2.14. The van der Waals surface area contributed by atoms with Crippen molar-refractivity contribution in [2.75, 3.05) is 7.11 Å². The van der Waals surface area contributed by atoms with Crippen LogP contribution in [0, 0.1) is 0 Å². The van der Waals surface area contributed by atoms with Gasteiger partial charge in [-0.15, -0.1) is 5.10 Å². The van der Waals surface area contributed by atoms with E-state index < -0.39 is 0 Å². The van der Waals surface area contributed by atoms with E-state index in [4.69, 9.17) is 14.8 Å². The number of hydrogen-bond donors (Lipinski definition) is 0. The van der Waals surface area contributed by atoms with Crippen LogP contribution in [-0.4, -0.2) is 41.6 Å². The highest BCUT2D eigenvalue weighted by molar-refractivity contribution is 5.35. The predicted molar refractivity (Wildman–Crippen MR) is 98.8 cm³/mol. The van der Waals surface area contributed by atoms with E-state index >= 15 is 0 Å². The Morgan fingerprint density at radius 1 is 1.11 bits per heavy atom. The number of methoxy groups -OCH3 is 1. The standard InChI is InChI=1S/C19H19N7O/c1-14(25-13-20-12-22-25)19-23-17(11-15-7-3-4-8-16(15)27-2)24-26(19)18-9-5-6-10-21-18/h3-10,12-14H,11H2,1-2H3. The van der Waals surface area contributed by atoms with Gasteiger partial charge >= 0.3 is 0 Å². The normalized spacial score (nSPS) is 12.1. The Kier molecular flexibility index (Phi) is 4.61. The maximum absolute atomic E-state index is 5.45. The van der Waals surface area contributed by atoms with E-state index in [2.05, 4.69) is 15.1 Å². The van der Waals surface area contributed by atoms with Gasteiger partial charge in [0.05, 0.1) is 7.11 Å². The van der Waals surface area contributed by atoms with E-state index in [1.807, 2.05) is 49.4 Å². The molecule has 4 aromatic rings. The van der Waals surface area contributed by atoms with Gasteiger partial charge in [-0.25, -0.2) is 19.6 Å². The molecule has 0 aliphatic carbocycles. The van der Waals surface area contributed by atoms with Crippen LogP contribution < -0.4 is 4.74 Å². The highest BCUT2D eigenvalue weighted by atomic mass is 16.5. The first-order valence-electron chi connectivity index (χ1n) is 8.59. The zero-order valence-corrected chi connectivity index (χ0v) is 15.1. The summed E-state index contributed by atoms with van der Waals surface area (Å²) in [5, 5.41) is 8.94. The summed E-state index contributed by atoms with van der Waals surface area (Å²) in [5.41, 5.74) is 1.03. The second kappa shape index (κ2) is 7.36. The highest BCUT2D eigenvalue weighted by Gasteiger charge is 2.21. The van der Waals surface area contributed by atoms with E-state index in [1.54, 1.807) is 29.0 Å². The van der Waals surface area contributed by atoms with Crippen molar-refractivity contribution in [3.63, 3.8) is 0 Å². The van der Waals surface area contributed by atoms with Crippen LogP contribution in [0.15, 0.2) is 61.3 Å². The van der Waals surface area contributed by atoms with Crippen molar-refractivity contribution in [2.24, 2.45) is 0 Å². The van der Waals surface area contributed by atoms with E-state index in [-0.39, 0.29) is 6.04 Å². The molecule has 0 bridgehead atoms. The molecule has 0 aliphatic heterocycles. The summed E-state index contributed by atoms with van der Waals surface area (Å²) in [6.07, 6.45) is 5.47. The van der Waals surface area contributed by atoms with Gasteiger partial charge in [-0.1, -0.05) is 24.3 Å². The van der Waals surface area contributed by atoms with Crippen LogP contribution in [0.1, 0.15) is 30.2 Å². The first kappa shape index (κ1) is 16.9. The molecule has 0 spiro atoms. The number of aromatic nitrogens is 7. The van der Waals surface area contributed by atoms with Crippen molar-refractivity contribution in [1.82, 2.24) is 34.5 Å². The molecule has 1 atom stereocenters. The molecule has 0 saturated carbocycles. The maximum Gasteiger partial charge on any atom is 0.158 e. The van der Waals surface area contributed by atoms with Gasteiger partial charge in [0.2, 0.25) is 0 Å². The zero-order valence-electron chi connectivity index (χ0n) is 15.1. The largest absolute Gasteiger partial charge is 0.496 e. The van der Waals surface area contributed by atoms with Gasteiger partial charge in [-0.2, -0.15) is 9.78 Å². The van der Waals surface area contributed by atoms with Crippen LogP contribution in [0.4, 0.5) is 0 Å². The third-order valence-corrected chi connectivity index (χ3v) is 4.29. The first-order valence-corrected chi connectivity index (χ1v) is 8.59. The monoisotopic (exact) mass is 361 g/mol. The number of rotatable bonds is 6. The number of benzene rings is 1. The second-order valence-electron chi connectivity index (χ2n) is 6.03. The molecule has 8 heteroatoms. The lowest BCUT2D eigenvalue weighted by molar-refractivity contribution is 0.410. The van der Waals surface area contributed by atoms with Gasteiger partial charge in [0.25, 0.3) is 0 Å². The number of hydrogen-bond acceptors (Lipinski definition) is 6. The topological polar surface area (TPSA) is 83.5 Å². The quantitative estimate of drug-likeness (QED) is 0.525. The molecule has 0 amide bonds. The molecule has 0 aliphatic rings. The fourth-order valence-corrected chi connectivity index (χ4v) is 2.92. The number of pyridine rings is 1. The molecule has 1 unspecified atom stereocenters. The summed E-state index contributed by atoms with van der Waals surface area (Å²) in [5.74, 6) is 2.95. The molecule has 0 saturated heterocycles. The Hall–Kier alpha value is -3.55. The Morgan fingerprint density at radius 2 is 1.96 bits per heavy atom. The van der Waals surface area contributed by atoms with Gasteiger partial charge in [0.1, 0.15) is 24.4 Å². The van der Waals surface area contributed by atoms with Crippen molar-refractivity contribution in [1.29, 1.82) is 0 Å². The van der Waals surface area contributed by atoms with Crippen LogP contribution in [0.3, 0.4) is 0 Å². The average molecular weight is 361 g/mol. The van der Waals surface area contributed by atoms with Gasteiger partial charge in [0, 0.05) is 18.2 Å². The molecule has 136 valence electrons. The SMILES string of the molecule is COc1ccccc1Cc1nc(C(C)n2cncn2)n(-c2ccccn2)n1. The molecule has 27 heavy (non-hydrogen) atoms. The fourth-order valence-electron chi connectivity index (χ4n) is 2.92. The fraction of sp³-hybridized carbons (Fsp3) is 0.211. The minimum Gasteiger partial charge on any atom is -0.496 e. The summed E-state index contributed by atoms with van der Waals surface area (Å²) in [4.78, 5) is 13.2. The van der Waals surface area contributed by atoms with E-state index in [9.17, 15) is 0 Å². The third kappa shape index (κ3) is 3.41. The van der Waals surface area contributed by atoms with E-state index in [1.165, 1.54) is 6.33 Å². The van der Waals surface area contributed by atoms with Crippen molar-refractivity contribution in [3.8, 4) is 11.6 Å². The number of nitrogens with zero attached hydrogens (tertiary/aromatic N) is 7. The molecule has 8 nitrogen and oxygen atoms in total. The average Bonchev–Trinajstić information content (AvgIpc) is 3.39. The van der Waals surface area contributed by atoms with Crippen LogP contribution >= 0.6 is 0 Å². The molecule has 0 fully saturated rings.